The number of anilines is 2. The van der Waals surface area contributed by atoms with Crippen LogP contribution >= 0.6 is 0 Å². The first-order chi connectivity index (χ1) is 8.65. The standard InChI is InChI=1S/C13H13N3O2/c1-9-6-7-14-12(8-9)16-13(18)15-10-4-2-3-5-11(10)17/h2-8,17H,1H3,(H2,14,15,16,18). The number of amides is 2. The van der Waals surface area contributed by atoms with Gasteiger partial charge in [-0.2, -0.15) is 0 Å². The van der Waals surface area contributed by atoms with Crippen LogP contribution in [0.2, 0.25) is 0 Å². The maximum absolute atomic E-state index is 11.7. The van der Waals surface area contributed by atoms with Crippen LogP contribution in [0.1, 0.15) is 5.56 Å². The maximum atomic E-state index is 11.7. The van der Waals surface area contributed by atoms with Gasteiger partial charge >= 0.3 is 6.03 Å². The van der Waals surface area contributed by atoms with E-state index in [-0.39, 0.29) is 5.75 Å². The van der Waals surface area contributed by atoms with Crippen molar-refractivity contribution in [3.05, 3.63) is 48.2 Å². The molecule has 5 heteroatoms. The molecule has 0 fully saturated rings. The van der Waals surface area contributed by atoms with Gasteiger partial charge in [0.2, 0.25) is 0 Å². The Morgan fingerprint density at radius 1 is 1.22 bits per heavy atom. The van der Waals surface area contributed by atoms with E-state index in [4.69, 9.17) is 0 Å². The molecule has 0 saturated carbocycles. The zero-order valence-corrected chi connectivity index (χ0v) is 9.84. The Morgan fingerprint density at radius 2 is 2.00 bits per heavy atom. The number of phenols is 1. The smallest absolute Gasteiger partial charge is 0.324 e. The van der Waals surface area contributed by atoms with Crippen LogP contribution in [0.5, 0.6) is 5.75 Å². The Hall–Kier alpha value is -2.56. The first-order valence-electron chi connectivity index (χ1n) is 5.44. The summed E-state index contributed by atoms with van der Waals surface area (Å²) in [5.74, 6) is 0.479. The molecule has 0 aliphatic carbocycles. The Kier molecular flexibility index (Phi) is 3.43. The number of pyridine rings is 1. The Balaban J connectivity index is 2.03. The highest BCUT2D eigenvalue weighted by Crippen LogP contribution is 2.21. The zero-order chi connectivity index (χ0) is 13.0. The number of carbonyl (C=O) groups excluding carboxylic acids is 1. The van der Waals surface area contributed by atoms with Crippen LogP contribution in [-0.4, -0.2) is 16.1 Å². The van der Waals surface area contributed by atoms with E-state index < -0.39 is 6.03 Å². The summed E-state index contributed by atoms with van der Waals surface area (Å²) >= 11 is 0. The largest absolute Gasteiger partial charge is 0.506 e. The second-order valence-corrected chi connectivity index (χ2v) is 3.81. The number of rotatable bonds is 2. The highest BCUT2D eigenvalue weighted by atomic mass is 16.3. The Bertz CT molecular complexity index is 570. The van der Waals surface area contributed by atoms with Gasteiger partial charge in [0.05, 0.1) is 5.69 Å². The van der Waals surface area contributed by atoms with E-state index >= 15 is 0 Å². The highest BCUT2D eigenvalue weighted by molar-refractivity contribution is 6.00. The summed E-state index contributed by atoms with van der Waals surface area (Å²) in [5.41, 5.74) is 1.35. The number of hydrogen-bond acceptors (Lipinski definition) is 3. The summed E-state index contributed by atoms with van der Waals surface area (Å²) in [4.78, 5) is 15.7. The number of phenolic OH excluding ortho intramolecular Hbond substituents is 1. The molecule has 2 aromatic rings. The van der Waals surface area contributed by atoms with Crippen LogP contribution in [-0.2, 0) is 0 Å². The number of aromatic nitrogens is 1. The summed E-state index contributed by atoms with van der Waals surface area (Å²) in [6, 6.07) is 9.66. The van der Waals surface area contributed by atoms with Crippen LogP contribution in [0, 0.1) is 6.92 Å². The van der Waals surface area contributed by atoms with Crippen LogP contribution in [0.3, 0.4) is 0 Å². The number of urea groups is 1. The van der Waals surface area contributed by atoms with Gasteiger partial charge in [0, 0.05) is 6.20 Å². The number of aromatic hydroxyl groups is 1. The molecule has 0 spiro atoms. The monoisotopic (exact) mass is 243 g/mol. The third-order valence-corrected chi connectivity index (χ3v) is 2.31. The number of hydrogen-bond donors (Lipinski definition) is 3. The number of aryl methyl sites for hydroxylation is 1. The number of carbonyl (C=O) groups is 1. The van der Waals surface area contributed by atoms with E-state index in [1.807, 2.05) is 13.0 Å². The lowest BCUT2D eigenvalue weighted by Crippen LogP contribution is -2.20. The molecule has 0 aliphatic heterocycles. The average molecular weight is 243 g/mol. The predicted octanol–water partition coefficient (Wildman–Crippen LogP) is 2.74. The molecule has 3 N–H and O–H groups in total. The Morgan fingerprint density at radius 3 is 2.72 bits per heavy atom. The molecule has 2 rings (SSSR count). The third-order valence-electron chi connectivity index (χ3n) is 2.31. The normalized spacial score (nSPS) is 9.83. The van der Waals surface area contributed by atoms with Gasteiger partial charge in [-0.1, -0.05) is 12.1 Å². The van der Waals surface area contributed by atoms with Gasteiger partial charge < -0.3 is 10.4 Å². The molecule has 0 aliphatic rings. The number of para-hydroxylation sites is 2. The third kappa shape index (κ3) is 2.98. The van der Waals surface area contributed by atoms with Crippen molar-refractivity contribution in [3.8, 4) is 5.75 Å². The second kappa shape index (κ2) is 5.18. The van der Waals surface area contributed by atoms with E-state index in [1.54, 1.807) is 30.5 Å². The molecule has 0 atom stereocenters. The predicted molar refractivity (Wildman–Crippen MR) is 69.7 cm³/mol. The molecular weight excluding hydrogens is 230 g/mol. The van der Waals surface area contributed by atoms with Crippen molar-refractivity contribution in [2.24, 2.45) is 0 Å². The topological polar surface area (TPSA) is 74.2 Å². The lowest BCUT2D eigenvalue weighted by Gasteiger charge is -2.08. The van der Waals surface area contributed by atoms with E-state index in [1.165, 1.54) is 6.07 Å². The SMILES string of the molecule is Cc1ccnc(NC(=O)Nc2ccccc2O)c1. The summed E-state index contributed by atoms with van der Waals surface area (Å²) in [6.45, 7) is 1.91. The van der Waals surface area contributed by atoms with Crippen LogP contribution in [0.4, 0.5) is 16.3 Å². The molecule has 0 unspecified atom stereocenters. The molecule has 0 bridgehead atoms. The number of nitrogens with zero attached hydrogens (tertiary/aromatic N) is 1. The molecule has 2 amide bonds. The Labute approximate surface area is 104 Å². The van der Waals surface area contributed by atoms with E-state index in [0.29, 0.717) is 11.5 Å². The van der Waals surface area contributed by atoms with Crippen LogP contribution in [0.15, 0.2) is 42.6 Å². The molecule has 0 saturated heterocycles. The second-order valence-electron chi connectivity index (χ2n) is 3.81. The fraction of sp³-hybridized carbons (Fsp3) is 0.0769. The van der Waals surface area contributed by atoms with Crippen molar-refractivity contribution >= 4 is 17.5 Å². The summed E-state index contributed by atoms with van der Waals surface area (Å²) in [7, 11) is 0. The molecular formula is C13H13N3O2. The fourth-order valence-electron chi connectivity index (χ4n) is 1.45. The van der Waals surface area contributed by atoms with Gasteiger partial charge in [0.25, 0.3) is 0 Å². The van der Waals surface area contributed by atoms with Gasteiger partial charge in [-0.15, -0.1) is 0 Å². The zero-order valence-electron chi connectivity index (χ0n) is 9.84. The first kappa shape index (κ1) is 11.9. The van der Waals surface area contributed by atoms with Gasteiger partial charge in [-0.25, -0.2) is 9.78 Å². The molecule has 92 valence electrons. The van der Waals surface area contributed by atoms with Crippen molar-refractivity contribution in [2.45, 2.75) is 6.92 Å². The van der Waals surface area contributed by atoms with Gasteiger partial charge in [-0.3, -0.25) is 5.32 Å². The van der Waals surface area contributed by atoms with Crippen molar-refractivity contribution in [1.82, 2.24) is 4.98 Å². The van der Waals surface area contributed by atoms with E-state index in [0.717, 1.165) is 5.56 Å². The molecule has 5 nitrogen and oxygen atoms in total. The minimum absolute atomic E-state index is 0.0184. The van der Waals surface area contributed by atoms with E-state index in [2.05, 4.69) is 15.6 Å². The van der Waals surface area contributed by atoms with Crippen LogP contribution < -0.4 is 10.6 Å². The molecule has 18 heavy (non-hydrogen) atoms. The molecule has 1 aromatic carbocycles. The molecule has 1 heterocycles. The van der Waals surface area contributed by atoms with Gasteiger partial charge in [0.15, 0.2) is 0 Å². The summed E-state index contributed by atoms with van der Waals surface area (Å²) in [6.07, 6.45) is 1.62. The van der Waals surface area contributed by atoms with Crippen molar-refractivity contribution < 1.29 is 9.90 Å². The van der Waals surface area contributed by atoms with Crippen molar-refractivity contribution in [1.29, 1.82) is 0 Å². The average Bonchev–Trinajstić information content (AvgIpc) is 2.32. The first-order valence-corrected chi connectivity index (χ1v) is 5.44. The lowest BCUT2D eigenvalue weighted by molar-refractivity contribution is 0.262. The fourth-order valence-corrected chi connectivity index (χ4v) is 1.45. The van der Waals surface area contributed by atoms with Gasteiger partial charge in [0.1, 0.15) is 11.6 Å². The quantitative estimate of drug-likeness (QED) is 0.710. The minimum Gasteiger partial charge on any atom is -0.506 e. The van der Waals surface area contributed by atoms with Crippen molar-refractivity contribution in [3.63, 3.8) is 0 Å². The van der Waals surface area contributed by atoms with Crippen molar-refractivity contribution in [2.75, 3.05) is 10.6 Å². The van der Waals surface area contributed by atoms with Crippen LogP contribution in [0.25, 0.3) is 0 Å². The number of benzene rings is 1. The molecule has 0 radical (unpaired) electrons. The lowest BCUT2D eigenvalue weighted by atomic mass is 10.3. The van der Waals surface area contributed by atoms with E-state index in [9.17, 15) is 9.90 Å². The minimum atomic E-state index is -0.449. The van der Waals surface area contributed by atoms with Gasteiger partial charge in [-0.05, 0) is 36.8 Å². The summed E-state index contributed by atoms with van der Waals surface area (Å²) < 4.78 is 0. The molecule has 1 aromatic heterocycles. The highest BCUT2D eigenvalue weighted by Gasteiger charge is 2.06. The maximum Gasteiger partial charge on any atom is 0.324 e. The number of nitrogens with one attached hydrogen (secondary N) is 2. The summed E-state index contributed by atoms with van der Waals surface area (Å²) in [5, 5.41) is 14.6.